The maximum absolute atomic E-state index is 4.42. The molecule has 2 unspecified atom stereocenters. The van der Waals surface area contributed by atoms with Crippen LogP contribution in [0.25, 0.3) is 0 Å². The molecule has 1 aromatic heterocycles. The molecule has 0 bridgehead atoms. The molecular weight excluding hydrogens is 206 g/mol. The first-order valence-corrected chi connectivity index (χ1v) is 6.56. The number of nitrogens with one attached hydrogen (secondary N) is 1. The molecule has 1 N–H and O–H groups in total. The van der Waals surface area contributed by atoms with Gasteiger partial charge in [-0.05, 0) is 13.3 Å². The van der Waals surface area contributed by atoms with E-state index < -0.39 is 0 Å². The van der Waals surface area contributed by atoms with Crippen LogP contribution in [-0.4, -0.2) is 35.6 Å². The molecule has 1 fully saturated rings. The fourth-order valence-corrected chi connectivity index (χ4v) is 2.96. The van der Waals surface area contributed by atoms with Crippen molar-refractivity contribution >= 4 is 11.3 Å². The highest BCUT2D eigenvalue weighted by Gasteiger charge is 2.26. The van der Waals surface area contributed by atoms with Crippen LogP contribution >= 0.6 is 11.3 Å². The van der Waals surface area contributed by atoms with E-state index in [1.807, 2.05) is 6.20 Å². The second kappa shape index (κ2) is 5.05. The molecular formula is C11H19N3S. The summed E-state index contributed by atoms with van der Waals surface area (Å²) in [4.78, 5) is 7.00. The third kappa shape index (κ3) is 2.38. The Morgan fingerprint density at radius 1 is 1.73 bits per heavy atom. The Labute approximate surface area is 95.5 Å². The van der Waals surface area contributed by atoms with Crippen LogP contribution < -0.4 is 5.32 Å². The van der Waals surface area contributed by atoms with E-state index in [2.05, 4.69) is 34.4 Å². The first-order chi connectivity index (χ1) is 7.33. The molecule has 0 spiro atoms. The number of piperazine rings is 1. The number of nitrogens with zero attached hydrogens (tertiary/aromatic N) is 2. The molecule has 1 aliphatic rings. The van der Waals surface area contributed by atoms with E-state index in [1.54, 1.807) is 11.3 Å². The van der Waals surface area contributed by atoms with Gasteiger partial charge in [0.1, 0.15) is 5.01 Å². The first-order valence-electron chi connectivity index (χ1n) is 5.68. The summed E-state index contributed by atoms with van der Waals surface area (Å²) in [6.45, 7) is 7.89. The van der Waals surface area contributed by atoms with Gasteiger partial charge in [-0.1, -0.05) is 6.92 Å². The van der Waals surface area contributed by atoms with Crippen LogP contribution in [0.4, 0.5) is 0 Å². The minimum Gasteiger partial charge on any atom is -0.314 e. The average molecular weight is 225 g/mol. The largest absolute Gasteiger partial charge is 0.314 e. The lowest BCUT2D eigenvalue weighted by Gasteiger charge is -2.39. The van der Waals surface area contributed by atoms with Gasteiger partial charge >= 0.3 is 0 Å². The molecule has 1 aromatic rings. The minimum absolute atomic E-state index is 0.469. The van der Waals surface area contributed by atoms with Gasteiger partial charge in [0, 0.05) is 37.3 Å². The van der Waals surface area contributed by atoms with Crippen molar-refractivity contribution in [2.45, 2.75) is 32.4 Å². The van der Waals surface area contributed by atoms with Gasteiger partial charge < -0.3 is 5.32 Å². The zero-order valence-electron chi connectivity index (χ0n) is 9.44. The second-order valence-corrected chi connectivity index (χ2v) is 4.98. The fraction of sp³-hybridized carbons (Fsp3) is 0.727. The zero-order chi connectivity index (χ0) is 10.7. The van der Waals surface area contributed by atoms with Crippen molar-refractivity contribution in [1.82, 2.24) is 15.2 Å². The highest BCUT2D eigenvalue weighted by molar-refractivity contribution is 7.09. The van der Waals surface area contributed by atoms with Crippen molar-refractivity contribution < 1.29 is 0 Å². The molecule has 4 heteroatoms. The van der Waals surface area contributed by atoms with E-state index in [9.17, 15) is 0 Å². The molecule has 84 valence electrons. The Kier molecular flexibility index (Phi) is 3.72. The second-order valence-electron chi connectivity index (χ2n) is 4.05. The third-order valence-electron chi connectivity index (χ3n) is 3.17. The lowest BCUT2D eigenvalue weighted by molar-refractivity contribution is 0.111. The highest BCUT2D eigenvalue weighted by Crippen LogP contribution is 2.25. The maximum Gasteiger partial charge on any atom is 0.109 e. The molecule has 1 saturated heterocycles. The summed E-state index contributed by atoms with van der Waals surface area (Å²) in [6, 6.07) is 1.13. The van der Waals surface area contributed by atoms with Crippen LogP contribution in [0.1, 0.15) is 31.3 Å². The van der Waals surface area contributed by atoms with Gasteiger partial charge in [-0.15, -0.1) is 11.3 Å². The van der Waals surface area contributed by atoms with Crippen molar-refractivity contribution in [1.29, 1.82) is 0 Å². The van der Waals surface area contributed by atoms with Crippen LogP contribution in [0.3, 0.4) is 0 Å². The standard InChI is InChI=1S/C11H19N3S/c1-3-10-8-12-4-6-14(10)9(2)11-13-5-7-15-11/h5,7,9-10,12H,3-4,6,8H2,1-2H3. The van der Waals surface area contributed by atoms with E-state index in [-0.39, 0.29) is 0 Å². The van der Waals surface area contributed by atoms with Crippen molar-refractivity contribution in [3.63, 3.8) is 0 Å². The summed E-state index contributed by atoms with van der Waals surface area (Å²) < 4.78 is 0. The topological polar surface area (TPSA) is 28.2 Å². The third-order valence-corrected chi connectivity index (χ3v) is 4.12. The van der Waals surface area contributed by atoms with Crippen molar-refractivity contribution in [3.8, 4) is 0 Å². The summed E-state index contributed by atoms with van der Waals surface area (Å²) in [6.07, 6.45) is 3.11. The molecule has 2 heterocycles. The molecule has 0 aromatic carbocycles. The first kappa shape index (κ1) is 11.0. The molecule has 0 amide bonds. The van der Waals surface area contributed by atoms with Gasteiger partial charge in [-0.3, -0.25) is 4.90 Å². The lowest BCUT2D eigenvalue weighted by Crippen LogP contribution is -2.51. The van der Waals surface area contributed by atoms with Gasteiger partial charge in [-0.2, -0.15) is 0 Å². The van der Waals surface area contributed by atoms with Gasteiger partial charge in [0.05, 0.1) is 6.04 Å². The normalized spacial score (nSPS) is 25.3. The quantitative estimate of drug-likeness (QED) is 0.851. The summed E-state index contributed by atoms with van der Waals surface area (Å²) in [5.41, 5.74) is 0. The van der Waals surface area contributed by atoms with Crippen molar-refractivity contribution in [3.05, 3.63) is 16.6 Å². The van der Waals surface area contributed by atoms with Crippen LogP contribution in [-0.2, 0) is 0 Å². The smallest absolute Gasteiger partial charge is 0.109 e. The predicted octanol–water partition coefficient (Wildman–Crippen LogP) is 1.89. The number of rotatable bonds is 3. The van der Waals surface area contributed by atoms with Crippen LogP contribution in [0, 0.1) is 0 Å². The summed E-state index contributed by atoms with van der Waals surface area (Å²) in [5, 5.41) is 6.77. The molecule has 15 heavy (non-hydrogen) atoms. The lowest BCUT2D eigenvalue weighted by atomic mass is 10.1. The van der Waals surface area contributed by atoms with E-state index in [0.717, 1.165) is 19.6 Å². The molecule has 0 saturated carbocycles. The summed E-state index contributed by atoms with van der Waals surface area (Å²) in [5.74, 6) is 0. The average Bonchev–Trinajstić information content (AvgIpc) is 2.81. The van der Waals surface area contributed by atoms with Crippen molar-refractivity contribution in [2.24, 2.45) is 0 Å². The van der Waals surface area contributed by atoms with Crippen LogP contribution in [0.2, 0.25) is 0 Å². The number of hydrogen-bond acceptors (Lipinski definition) is 4. The van der Waals surface area contributed by atoms with E-state index in [0.29, 0.717) is 12.1 Å². The van der Waals surface area contributed by atoms with Gasteiger partial charge in [0.2, 0.25) is 0 Å². The number of aromatic nitrogens is 1. The van der Waals surface area contributed by atoms with Crippen LogP contribution in [0.15, 0.2) is 11.6 Å². The molecule has 1 aliphatic heterocycles. The van der Waals surface area contributed by atoms with E-state index >= 15 is 0 Å². The Bertz CT molecular complexity index is 286. The molecule has 0 radical (unpaired) electrons. The Hall–Kier alpha value is -0.450. The van der Waals surface area contributed by atoms with E-state index in [1.165, 1.54) is 11.4 Å². The highest BCUT2D eigenvalue weighted by atomic mass is 32.1. The minimum atomic E-state index is 0.469. The Morgan fingerprint density at radius 2 is 2.60 bits per heavy atom. The number of thiazole rings is 1. The summed E-state index contributed by atoms with van der Waals surface area (Å²) in [7, 11) is 0. The number of hydrogen-bond donors (Lipinski definition) is 1. The van der Waals surface area contributed by atoms with Gasteiger partial charge in [0.15, 0.2) is 0 Å². The predicted molar refractivity (Wildman–Crippen MR) is 64.2 cm³/mol. The monoisotopic (exact) mass is 225 g/mol. The molecule has 2 atom stereocenters. The Morgan fingerprint density at radius 3 is 3.27 bits per heavy atom. The summed E-state index contributed by atoms with van der Waals surface area (Å²) >= 11 is 1.76. The van der Waals surface area contributed by atoms with Crippen LogP contribution in [0.5, 0.6) is 0 Å². The molecule has 0 aliphatic carbocycles. The van der Waals surface area contributed by atoms with Gasteiger partial charge in [-0.25, -0.2) is 4.98 Å². The van der Waals surface area contributed by atoms with Crippen molar-refractivity contribution in [2.75, 3.05) is 19.6 Å². The molecule has 2 rings (SSSR count). The fourth-order valence-electron chi connectivity index (χ4n) is 2.25. The maximum atomic E-state index is 4.42. The van der Waals surface area contributed by atoms with E-state index in [4.69, 9.17) is 0 Å². The SMILES string of the molecule is CCC1CNCCN1C(C)c1nccs1. The molecule has 3 nitrogen and oxygen atoms in total. The zero-order valence-corrected chi connectivity index (χ0v) is 10.3. The Balaban J connectivity index is 2.07. The van der Waals surface area contributed by atoms with Gasteiger partial charge in [0.25, 0.3) is 0 Å².